The summed E-state index contributed by atoms with van der Waals surface area (Å²) >= 11 is 0. The van der Waals surface area contributed by atoms with Gasteiger partial charge in [-0.3, -0.25) is 20.4 Å². The van der Waals surface area contributed by atoms with E-state index in [-0.39, 0.29) is 24.7 Å². The number of aromatic nitrogens is 4. The van der Waals surface area contributed by atoms with Crippen LogP contribution in [0.5, 0.6) is 0 Å². The number of hydrazine groups is 1. The van der Waals surface area contributed by atoms with Gasteiger partial charge in [0.2, 0.25) is 17.8 Å². The second kappa shape index (κ2) is 8.00. The van der Waals surface area contributed by atoms with Crippen LogP contribution < -0.4 is 10.9 Å². The molecule has 2 aromatic heterocycles. The van der Waals surface area contributed by atoms with E-state index in [1.807, 2.05) is 36.2 Å². The molecule has 0 bridgehead atoms. The zero-order chi connectivity index (χ0) is 20.4. The van der Waals surface area contributed by atoms with Gasteiger partial charge in [0.1, 0.15) is 5.82 Å². The van der Waals surface area contributed by atoms with Gasteiger partial charge in [-0.1, -0.05) is 12.1 Å². The number of benzene rings is 1. The van der Waals surface area contributed by atoms with E-state index in [0.29, 0.717) is 30.5 Å². The average molecular weight is 396 g/mol. The van der Waals surface area contributed by atoms with Crippen LogP contribution in [0.3, 0.4) is 0 Å². The first kappa shape index (κ1) is 19.1. The minimum atomic E-state index is -0.285. The van der Waals surface area contributed by atoms with Gasteiger partial charge < -0.3 is 9.80 Å². The maximum atomic E-state index is 12.3. The second-order valence-electron chi connectivity index (χ2n) is 7.20. The molecule has 0 radical (unpaired) electrons. The third-order valence-electron chi connectivity index (χ3n) is 5.02. The molecule has 4 rings (SSSR count). The summed E-state index contributed by atoms with van der Waals surface area (Å²) in [6.07, 6.45) is 0.283. The third kappa shape index (κ3) is 4.11. The van der Waals surface area contributed by atoms with Crippen molar-refractivity contribution in [2.45, 2.75) is 19.8 Å². The number of likely N-dealkylation sites (N-methyl/N-ethyl adjacent to an activating group) is 1. The van der Waals surface area contributed by atoms with Gasteiger partial charge in [0, 0.05) is 44.4 Å². The predicted molar refractivity (Wildman–Crippen MR) is 108 cm³/mol. The van der Waals surface area contributed by atoms with Crippen molar-refractivity contribution in [1.29, 1.82) is 0 Å². The summed E-state index contributed by atoms with van der Waals surface area (Å²) in [5.41, 5.74) is 6.84. The second-order valence-corrected chi connectivity index (χ2v) is 7.20. The number of hydrogen-bond acceptors (Lipinski definition) is 7. The van der Waals surface area contributed by atoms with E-state index in [4.69, 9.17) is 0 Å². The molecule has 2 N–H and O–H groups in total. The van der Waals surface area contributed by atoms with E-state index in [9.17, 15) is 9.59 Å². The minimum absolute atomic E-state index is 0.00590. The van der Waals surface area contributed by atoms with E-state index >= 15 is 0 Å². The third-order valence-corrected chi connectivity index (χ3v) is 5.02. The van der Waals surface area contributed by atoms with Crippen molar-refractivity contribution in [3.05, 3.63) is 30.1 Å². The van der Waals surface area contributed by atoms with Crippen molar-refractivity contribution in [3.63, 3.8) is 0 Å². The lowest BCUT2D eigenvalue weighted by atomic mass is 10.2. The maximum Gasteiger partial charge on any atom is 0.245 e. The molecule has 0 saturated carbocycles. The number of nitrogens with one attached hydrogen (secondary N) is 2. The van der Waals surface area contributed by atoms with Crippen molar-refractivity contribution in [3.8, 4) is 0 Å². The fourth-order valence-electron chi connectivity index (χ4n) is 3.36. The summed E-state index contributed by atoms with van der Waals surface area (Å²) < 4.78 is 1.56. The SMILES string of the molecule is Cc1nc2c3ccccc3nc(NNC(=O)CCC(=O)N3CCN(C)CC3)n2n1. The molecule has 152 valence electrons. The molecule has 29 heavy (non-hydrogen) atoms. The molecule has 2 amide bonds. The van der Waals surface area contributed by atoms with E-state index in [1.165, 1.54) is 0 Å². The Hall–Kier alpha value is -3.27. The van der Waals surface area contributed by atoms with E-state index in [2.05, 4.69) is 30.8 Å². The molecule has 3 aromatic rings. The van der Waals surface area contributed by atoms with Gasteiger partial charge in [-0.15, -0.1) is 5.10 Å². The van der Waals surface area contributed by atoms with E-state index < -0.39 is 0 Å². The van der Waals surface area contributed by atoms with Crippen LogP contribution in [-0.4, -0.2) is 74.4 Å². The molecular formula is C19H24N8O2. The molecule has 1 aliphatic heterocycles. The van der Waals surface area contributed by atoms with Crippen LogP contribution in [0.4, 0.5) is 5.95 Å². The summed E-state index contributed by atoms with van der Waals surface area (Å²) in [6.45, 7) is 4.94. The fourth-order valence-corrected chi connectivity index (χ4v) is 3.36. The number of nitrogens with zero attached hydrogens (tertiary/aromatic N) is 6. The summed E-state index contributed by atoms with van der Waals surface area (Å²) in [4.78, 5) is 37.5. The van der Waals surface area contributed by atoms with Gasteiger partial charge in [0.25, 0.3) is 0 Å². The molecule has 1 fully saturated rings. The molecule has 1 aliphatic rings. The van der Waals surface area contributed by atoms with Crippen molar-refractivity contribution in [1.82, 2.24) is 34.8 Å². The highest BCUT2D eigenvalue weighted by Crippen LogP contribution is 2.20. The Kier molecular flexibility index (Phi) is 5.26. The van der Waals surface area contributed by atoms with Crippen LogP contribution in [0.1, 0.15) is 18.7 Å². The largest absolute Gasteiger partial charge is 0.340 e. The number of para-hydroxylation sites is 1. The van der Waals surface area contributed by atoms with Crippen LogP contribution in [0.2, 0.25) is 0 Å². The number of carbonyl (C=O) groups is 2. The van der Waals surface area contributed by atoms with Crippen molar-refractivity contribution < 1.29 is 9.59 Å². The Morgan fingerprint density at radius 2 is 1.83 bits per heavy atom. The van der Waals surface area contributed by atoms with E-state index in [0.717, 1.165) is 24.0 Å². The zero-order valence-corrected chi connectivity index (χ0v) is 16.6. The van der Waals surface area contributed by atoms with E-state index in [1.54, 1.807) is 11.4 Å². The normalized spacial score (nSPS) is 15.0. The Bertz CT molecular complexity index is 1050. The number of hydrogen-bond donors (Lipinski definition) is 2. The van der Waals surface area contributed by atoms with Crippen LogP contribution in [0.15, 0.2) is 24.3 Å². The van der Waals surface area contributed by atoms with Crippen LogP contribution in [0.25, 0.3) is 16.6 Å². The highest BCUT2D eigenvalue weighted by atomic mass is 16.2. The first-order valence-corrected chi connectivity index (χ1v) is 9.64. The quantitative estimate of drug-likeness (QED) is 0.608. The highest BCUT2D eigenvalue weighted by molar-refractivity contribution is 5.92. The Balaban J connectivity index is 1.39. The molecule has 0 aliphatic carbocycles. The van der Waals surface area contributed by atoms with Crippen LogP contribution >= 0.6 is 0 Å². The molecule has 0 unspecified atom stereocenters. The van der Waals surface area contributed by atoms with Crippen molar-refractivity contribution in [2.75, 3.05) is 38.7 Å². The number of fused-ring (bicyclic) bond motifs is 3. The molecule has 10 heteroatoms. The lowest BCUT2D eigenvalue weighted by Crippen LogP contribution is -2.47. The molecule has 1 aromatic carbocycles. The lowest BCUT2D eigenvalue weighted by Gasteiger charge is -2.32. The summed E-state index contributed by atoms with van der Waals surface area (Å²) in [6, 6.07) is 7.61. The summed E-state index contributed by atoms with van der Waals surface area (Å²) in [7, 11) is 2.04. The van der Waals surface area contributed by atoms with Gasteiger partial charge in [0.05, 0.1) is 5.52 Å². The van der Waals surface area contributed by atoms with Crippen molar-refractivity contribution >= 4 is 34.3 Å². The maximum absolute atomic E-state index is 12.3. The average Bonchev–Trinajstić information content (AvgIpc) is 3.12. The lowest BCUT2D eigenvalue weighted by molar-refractivity contribution is -0.134. The molecule has 0 atom stereocenters. The number of piperazine rings is 1. The molecular weight excluding hydrogens is 372 g/mol. The molecule has 0 spiro atoms. The van der Waals surface area contributed by atoms with Crippen LogP contribution in [-0.2, 0) is 9.59 Å². The first-order valence-electron chi connectivity index (χ1n) is 9.64. The number of carbonyl (C=O) groups excluding carboxylic acids is 2. The summed E-state index contributed by atoms with van der Waals surface area (Å²) in [5.74, 6) is 0.687. The Morgan fingerprint density at radius 1 is 1.07 bits per heavy atom. The summed E-state index contributed by atoms with van der Waals surface area (Å²) in [5, 5.41) is 5.22. The standard InChI is InChI=1S/C19H24N8O2/c1-13-20-18-14-5-3-4-6-15(14)21-19(27(18)24-13)23-22-16(28)7-8-17(29)26-11-9-25(2)10-12-26/h3-6H,7-12H2,1-2H3,(H,21,23)(H,22,28). The number of rotatable bonds is 5. The fraction of sp³-hybridized carbons (Fsp3) is 0.421. The zero-order valence-electron chi connectivity index (χ0n) is 16.6. The monoisotopic (exact) mass is 396 g/mol. The number of aryl methyl sites for hydroxylation is 1. The highest BCUT2D eigenvalue weighted by Gasteiger charge is 2.19. The Morgan fingerprint density at radius 3 is 2.62 bits per heavy atom. The van der Waals surface area contributed by atoms with Gasteiger partial charge in [-0.05, 0) is 26.1 Å². The van der Waals surface area contributed by atoms with Gasteiger partial charge >= 0.3 is 0 Å². The minimum Gasteiger partial charge on any atom is -0.340 e. The topological polar surface area (TPSA) is 108 Å². The van der Waals surface area contributed by atoms with Gasteiger partial charge in [-0.2, -0.15) is 4.52 Å². The number of amides is 2. The van der Waals surface area contributed by atoms with Crippen LogP contribution in [0, 0.1) is 6.92 Å². The Labute approximate surface area is 167 Å². The van der Waals surface area contributed by atoms with Gasteiger partial charge in [0.15, 0.2) is 5.65 Å². The predicted octanol–water partition coefficient (Wildman–Crippen LogP) is 0.583. The smallest absolute Gasteiger partial charge is 0.245 e. The molecule has 10 nitrogen and oxygen atoms in total. The number of anilines is 1. The van der Waals surface area contributed by atoms with Gasteiger partial charge in [-0.25, -0.2) is 9.97 Å². The van der Waals surface area contributed by atoms with Crippen molar-refractivity contribution in [2.24, 2.45) is 0 Å². The first-order chi connectivity index (χ1) is 14.0. The molecule has 3 heterocycles. The molecule has 1 saturated heterocycles.